The SMILES string of the molecule is N#CCc1c(C(F)F)cnc(OC(F)(F)F)c1I. The van der Waals surface area contributed by atoms with Crippen molar-refractivity contribution in [3.63, 3.8) is 0 Å². The van der Waals surface area contributed by atoms with Gasteiger partial charge < -0.3 is 4.74 Å². The van der Waals surface area contributed by atoms with Gasteiger partial charge in [-0.05, 0) is 28.2 Å². The molecule has 0 bridgehead atoms. The van der Waals surface area contributed by atoms with Crippen molar-refractivity contribution in [3.8, 4) is 11.9 Å². The molecule has 1 aromatic rings. The monoisotopic (exact) mass is 378 g/mol. The Hall–Kier alpha value is -1.18. The molecule has 0 aliphatic heterocycles. The third-order valence-corrected chi connectivity index (χ3v) is 2.94. The van der Waals surface area contributed by atoms with Crippen LogP contribution in [0.15, 0.2) is 6.20 Å². The van der Waals surface area contributed by atoms with Gasteiger partial charge in [0.25, 0.3) is 6.43 Å². The Morgan fingerprint density at radius 3 is 2.50 bits per heavy atom. The summed E-state index contributed by atoms with van der Waals surface area (Å²) in [7, 11) is 0. The summed E-state index contributed by atoms with van der Waals surface area (Å²) in [6.07, 6.45) is -7.76. The predicted molar refractivity (Wildman–Crippen MR) is 57.9 cm³/mol. The Kier molecular flexibility index (Phi) is 4.66. The molecule has 0 spiro atoms. The molecule has 0 fully saturated rings. The number of alkyl halides is 5. The van der Waals surface area contributed by atoms with E-state index in [4.69, 9.17) is 5.26 Å². The zero-order valence-corrected chi connectivity index (χ0v) is 10.6. The van der Waals surface area contributed by atoms with Crippen molar-refractivity contribution in [2.24, 2.45) is 0 Å². The average molecular weight is 378 g/mol. The molecule has 9 heteroatoms. The Bertz CT molecular complexity index is 483. The molecule has 0 aliphatic carbocycles. The van der Waals surface area contributed by atoms with Crippen molar-refractivity contribution >= 4 is 22.6 Å². The summed E-state index contributed by atoms with van der Waals surface area (Å²) in [5, 5.41) is 8.49. The number of rotatable bonds is 3. The van der Waals surface area contributed by atoms with Crippen LogP contribution in [0, 0.1) is 14.9 Å². The first-order valence-electron chi connectivity index (χ1n) is 4.34. The molecule has 0 N–H and O–H groups in total. The summed E-state index contributed by atoms with van der Waals surface area (Å²) in [4.78, 5) is 3.19. The highest BCUT2D eigenvalue weighted by atomic mass is 127. The number of hydrogen-bond donors (Lipinski definition) is 0. The molecule has 1 rings (SSSR count). The summed E-state index contributed by atoms with van der Waals surface area (Å²) < 4.78 is 64.6. The summed E-state index contributed by atoms with van der Waals surface area (Å²) in [5.41, 5.74) is -0.780. The number of aromatic nitrogens is 1. The summed E-state index contributed by atoms with van der Waals surface area (Å²) in [6.45, 7) is 0. The van der Waals surface area contributed by atoms with E-state index in [1.54, 1.807) is 6.07 Å². The molecule has 1 heterocycles. The van der Waals surface area contributed by atoms with Crippen LogP contribution in [0.5, 0.6) is 5.88 Å². The topological polar surface area (TPSA) is 45.9 Å². The number of pyridine rings is 1. The van der Waals surface area contributed by atoms with Crippen LogP contribution in [0.1, 0.15) is 17.6 Å². The minimum atomic E-state index is -4.97. The quantitative estimate of drug-likeness (QED) is 0.597. The van der Waals surface area contributed by atoms with Crippen molar-refractivity contribution in [2.75, 3.05) is 0 Å². The minimum absolute atomic E-state index is 0.206. The van der Waals surface area contributed by atoms with Crippen molar-refractivity contribution in [1.82, 2.24) is 4.98 Å². The Balaban J connectivity index is 3.26. The first-order valence-corrected chi connectivity index (χ1v) is 5.42. The average Bonchev–Trinajstić information content (AvgIpc) is 2.22. The van der Waals surface area contributed by atoms with Crippen molar-refractivity contribution in [2.45, 2.75) is 19.2 Å². The highest BCUT2D eigenvalue weighted by molar-refractivity contribution is 14.1. The Labute approximate surface area is 112 Å². The fraction of sp³-hybridized carbons (Fsp3) is 0.333. The second kappa shape index (κ2) is 5.64. The molecule has 0 radical (unpaired) electrons. The maximum Gasteiger partial charge on any atom is 0.574 e. The normalized spacial score (nSPS) is 11.4. The van der Waals surface area contributed by atoms with Crippen LogP contribution in [0.4, 0.5) is 22.0 Å². The van der Waals surface area contributed by atoms with E-state index in [2.05, 4.69) is 9.72 Å². The zero-order valence-electron chi connectivity index (χ0n) is 8.43. The molecule has 0 saturated carbocycles. The van der Waals surface area contributed by atoms with E-state index in [1.807, 2.05) is 0 Å². The van der Waals surface area contributed by atoms with Crippen LogP contribution in [-0.4, -0.2) is 11.3 Å². The first kappa shape index (κ1) is 14.9. The summed E-state index contributed by atoms with van der Waals surface area (Å²) in [6, 6.07) is 1.61. The van der Waals surface area contributed by atoms with Gasteiger partial charge in [0.15, 0.2) is 0 Å². The smallest absolute Gasteiger partial charge is 0.387 e. The molecule has 3 nitrogen and oxygen atoms in total. The third-order valence-electron chi connectivity index (χ3n) is 1.83. The number of nitrogens with zero attached hydrogens (tertiary/aromatic N) is 2. The molecular formula is C9H4F5IN2O. The van der Waals surface area contributed by atoms with E-state index >= 15 is 0 Å². The Morgan fingerprint density at radius 2 is 2.06 bits per heavy atom. The van der Waals surface area contributed by atoms with E-state index in [1.165, 1.54) is 22.6 Å². The number of ether oxygens (including phenoxy) is 1. The fourth-order valence-corrected chi connectivity index (χ4v) is 1.90. The molecule has 0 atom stereocenters. The van der Waals surface area contributed by atoms with Crippen LogP contribution < -0.4 is 4.74 Å². The second-order valence-electron chi connectivity index (χ2n) is 2.99. The lowest BCUT2D eigenvalue weighted by Crippen LogP contribution is -2.19. The zero-order chi connectivity index (χ0) is 13.9. The molecule has 0 unspecified atom stereocenters. The van der Waals surface area contributed by atoms with Gasteiger partial charge in [-0.1, -0.05) is 0 Å². The number of nitriles is 1. The first-order chi connectivity index (χ1) is 8.26. The van der Waals surface area contributed by atoms with Crippen molar-refractivity contribution < 1.29 is 26.7 Å². The van der Waals surface area contributed by atoms with Crippen LogP contribution in [0.25, 0.3) is 0 Å². The van der Waals surface area contributed by atoms with Gasteiger partial charge in [0, 0.05) is 11.8 Å². The number of halogens is 6. The van der Waals surface area contributed by atoms with Gasteiger partial charge >= 0.3 is 6.36 Å². The molecule has 0 aromatic carbocycles. The van der Waals surface area contributed by atoms with Gasteiger partial charge in [-0.3, -0.25) is 0 Å². The molecule has 0 amide bonds. The lowest BCUT2D eigenvalue weighted by atomic mass is 10.1. The maximum absolute atomic E-state index is 12.6. The maximum atomic E-state index is 12.6. The van der Waals surface area contributed by atoms with Gasteiger partial charge in [0.2, 0.25) is 5.88 Å². The molecule has 98 valence electrons. The van der Waals surface area contributed by atoms with E-state index in [0.717, 1.165) is 0 Å². The van der Waals surface area contributed by atoms with Crippen LogP contribution >= 0.6 is 22.6 Å². The molecule has 0 aliphatic rings. The van der Waals surface area contributed by atoms with Crippen LogP contribution in [0.2, 0.25) is 0 Å². The van der Waals surface area contributed by atoms with Crippen LogP contribution in [0.3, 0.4) is 0 Å². The standard InChI is InChI=1S/C9H4F5IN2O/c10-7(11)5-3-17-8(18-9(12,13)14)6(15)4(5)1-2-16/h3,7H,1H2. The van der Waals surface area contributed by atoms with E-state index < -0.39 is 30.7 Å². The van der Waals surface area contributed by atoms with Gasteiger partial charge in [0.05, 0.1) is 16.1 Å². The van der Waals surface area contributed by atoms with E-state index in [9.17, 15) is 22.0 Å². The van der Waals surface area contributed by atoms with Gasteiger partial charge in [-0.25, -0.2) is 13.8 Å². The van der Waals surface area contributed by atoms with E-state index in [-0.39, 0.29) is 9.13 Å². The third kappa shape index (κ3) is 3.66. The molecule has 1 aromatic heterocycles. The van der Waals surface area contributed by atoms with Crippen molar-refractivity contribution in [3.05, 3.63) is 20.9 Å². The minimum Gasteiger partial charge on any atom is -0.387 e. The van der Waals surface area contributed by atoms with Gasteiger partial charge in [-0.15, -0.1) is 13.2 Å². The van der Waals surface area contributed by atoms with Crippen molar-refractivity contribution in [1.29, 1.82) is 5.26 Å². The number of hydrogen-bond acceptors (Lipinski definition) is 3. The van der Waals surface area contributed by atoms with Crippen LogP contribution in [-0.2, 0) is 6.42 Å². The summed E-state index contributed by atoms with van der Waals surface area (Å²) >= 11 is 1.39. The summed E-state index contributed by atoms with van der Waals surface area (Å²) in [5.74, 6) is -0.835. The molecule has 18 heavy (non-hydrogen) atoms. The molecular weight excluding hydrogens is 374 g/mol. The highest BCUT2D eigenvalue weighted by Crippen LogP contribution is 2.33. The lowest BCUT2D eigenvalue weighted by molar-refractivity contribution is -0.276. The predicted octanol–water partition coefficient (Wildman–Crippen LogP) is 3.59. The van der Waals surface area contributed by atoms with E-state index in [0.29, 0.717) is 6.20 Å². The second-order valence-corrected chi connectivity index (χ2v) is 4.07. The lowest BCUT2D eigenvalue weighted by Gasteiger charge is -2.13. The van der Waals surface area contributed by atoms with Gasteiger partial charge in [-0.2, -0.15) is 5.26 Å². The molecule has 0 saturated heterocycles. The van der Waals surface area contributed by atoms with Gasteiger partial charge in [0.1, 0.15) is 0 Å². The highest BCUT2D eigenvalue weighted by Gasteiger charge is 2.33. The largest absolute Gasteiger partial charge is 0.574 e. The Morgan fingerprint density at radius 1 is 1.44 bits per heavy atom. The fourth-order valence-electron chi connectivity index (χ4n) is 1.15.